The van der Waals surface area contributed by atoms with Crippen molar-refractivity contribution >= 4 is 15.7 Å². The third kappa shape index (κ3) is 3.92. The van der Waals surface area contributed by atoms with Gasteiger partial charge in [-0.25, -0.2) is 8.78 Å². The van der Waals surface area contributed by atoms with Crippen molar-refractivity contribution in [3.05, 3.63) is 65.2 Å². The van der Waals surface area contributed by atoms with Gasteiger partial charge in [0.05, 0.1) is 16.2 Å². The van der Waals surface area contributed by atoms with Crippen LogP contribution < -0.4 is 4.83 Å². The number of aryl methyl sites for hydroxylation is 1. The Bertz CT molecular complexity index is 811. The Hall–Kier alpha value is -2.28. The van der Waals surface area contributed by atoms with Gasteiger partial charge in [0.2, 0.25) is 0 Å². The summed E-state index contributed by atoms with van der Waals surface area (Å²) in [6.45, 7) is 3.46. The minimum atomic E-state index is -3.90. The Labute approximate surface area is 133 Å². The van der Waals surface area contributed by atoms with Crippen molar-refractivity contribution in [2.24, 2.45) is 5.10 Å². The van der Waals surface area contributed by atoms with Gasteiger partial charge in [-0.05, 0) is 37.6 Å². The van der Waals surface area contributed by atoms with Crippen LogP contribution in [0.25, 0.3) is 0 Å². The first kappa shape index (κ1) is 17.1. The fourth-order valence-electron chi connectivity index (χ4n) is 1.97. The lowest BCUT2D eigenvalue weighted by Crippen LogP contribution is -2.21. The van der Waals surface area contributed by atoms with E-state index >= 15 is 0 Å². The molecule has 7 heteroatoms. The Balaban J connectivity index is 2.34. The molecule has 0 saturated heterocycles. The zero-order valence-corrected chi connectivity index (χ0v) is 13.5. The van der Waals surface area contributed by atoms with Crippen LogP contribution in [0.4, 0.5) is 8.78 Å². The molecule has 4 nitrogen and oxygen atoms in total. The van der Waals surface area contributed by atoms with E-state index in [-0.39, 0.29) is 22.6 Å². The highest BCUT2D eigenvalue weighted by atomic mass is 32.2. The van der Waals surface area contributed by atoms with E-state index in [0.717, 1.165) is 17.7 Å². The van der Waals surface area contributed by atoms with Crippen molar-refractivity contribution in [1.82, 2.24) is 4.83 Å². The lowest BCUT2D eigenvalue weighted by molar-refractivity contribution is 0.575. The second kappa shape index (κ2) is 6.87. The number of hydrogen-bond donors (Lipinski definition) is 1. The molecule has 0 heterocycles. The average Bonchev–Trinajstić information content (AvgIpc) is 2.50. The van der Waals surface area contributed by atoms with E-state index in [1.807, 2.05) is 11.8 Å². The smallest absolute Gasteiger partial charge is 0.206 e. The van der Waals surface area contributed by atoms with Crippen molar-refractivity contribution in [3.63, 3.8) is 0 Å². The lowest BCUT2D eigenvalue weighted by atomic mass is 10.1. The van der Waals surface area contributed by atoms with Crippen molar-refractivity contribution in [2.45, 2.75) is 25.2 Å². The quantitative estimate of drug-likeness (QED) is 0.671. The zero-order chi connectivity index (χ0) is 17.0. The number of halogens is 2. The monoisotopic (exact) mass is 338 g/mol. The van der Waals surface area contributed by atoms with Crippen molar-refractivity contribution in [2.75, 3.05) is 0 Å². The largest absolute Gasteiger partial charge is 0.276 e. The minimum absolute atomic E-state index is 0.0173. The van der Waals surface area contributed by atoms with Crippen LogP contribution in [-0.2, 0) is 10.0 Å². The number of rotatable bonds is 5. The standard InChI is InChI=1S/C16H16F2N2O2S/c1-3-15(16-13(17)5-4-6-14(16)18)19-20-23(21,22)12-9-7-11(2)8-10-12/h4-10,20H,3H2,1-2H3/b19-15+. The number of nitrogens with one attached hydrogen (secondary N) is 1. The molecule has 0 aromatic heterocycles. The number of nitrogens with zero attached hydrogens (tertiary/aromatic N) is 1. The highest BCUT2D eigenvalue weighted by Gasteiger charge is 2.16. The molecule has 2 aromatic carbocycles. The summed E-state index contributed by atoms with van der Waals surface area (Å²) in [7, 11) is -3.90. The van der Waals surface area contributed by atoms with Gasteiger partial charge in [0, 0.05) is 0 Å². The van der Waals surface area contributed by atoms with Crippen molar-refractivity contribution in [1.29, 1.82) is 0 Å². The molecule has 0 radical (unpaired) electrons. The van der Waals surface area contributed by atoms with Gasteiger partial charge >= 0.3 is 0 Å². The third-order valence-electron chi connectivity index (χ3n) is 3.22. The van der Waals surface area contributed by atoms with Gasteiger partial charge in [0.25, 0.3) is 10.0 Å². The maximum Gasteiger partial charge on any atom is 0.276 e. The molecule has 0 aliphatic heterocycles. The van der Waals surface area contributed by atoms with E-state index in [2.05, 4.69) is 5.10 Å². The summed E-state index contributed by atoms with van der Waals surface area (Å²) in [5.74, 6) is -1.58. The molecule has 2 aromatic rings. The van der Waals surface area contributed by atoms with Gasteiger partial charge < -0.3 is 0 Å². The molecule has 0 unspecified atom stereocenters. The SMILES string of the molecule is CC/C(=N\NS(=O)(=O)c1ccc(C)cc1)c1c(F)cccc1F. The van der Waals surface area contributed by atoms with Crippen LogP contribution in [0.5, 0.6) is 0 Å². The molecule has 0 fully saturated rings. The van der Waals surface area contributed by atoms with E-state index < -0.39 is 21.7 Å². The van der Waals surface area contributed by atoms with Gasteiger partial charge in [-0.15, -0.1) is 0 Å². The van der Waals surface area contributed by atoms with Crippen LogP contribution in [0.2, 0.25) is 0 Å². The molecular formula is C16H16F2N2O2S. The van der Waals surface area contributed by atoms with Crippen LogP contribution in [0.15, 0.2) is 52.5 Å². The highest BCUT2D eigenvalue weighted by Crippen LogP contribution is 2.15. The second-order valence-electron chi connectivity index (χ2n) is 4.92. The predicted molar refractivity (Wildman–Crippen MR) is 84.7 cm³/mol. The second-order valence-corrected chi connectivity index (χ2v) is 6.58. The van der Waals surface area contributed by atoms with Crippen LogP contribution in [-0.4, -0.2) is 14.1 Å². The average molecular weight is 338 g/mol. The van der Waals surface area contributed by atoms with E-state index in [0.29, 0.717) is 0 Å². The molecule has 23 heavy (non-hydrogen) atoms. The molecule has 1 N–H and O–H groups in total. The Kier molecular flexibility index (Phi) is 5.10. The molecule has 0 aliphatic rings. The van der Waals surface area contributed by atoms with E-state index in [1.54, 1.807) is 19.1 Å². The first-order valence-corrected chi connectivity index (χ1v) is 8.43. The summed E-state index contributed by atoms with van der Waals surface area (Å²) in [4.78, 5) is 2.05. The van der Waals surface area contributed by atoms with E-state index in [9.17, 15) is 17.2 Å². The number of benzene rings is 2. The maximum atomic E-state index is 13.8. The fourth-order valence-corrected chi connectivity index (χ4v) is 2.80. The molecule has 0 bridgehead atoms. The molecule has 2 rings (SSSR count). The number of sulfonamides is 1. The molecule has 0 aliphatic carbocycles. The summed E-state index contributed by atoms with van der Waals surface area (Å²) in [6, 6.07) is 9.59. The number of hydrazone groups is 1. The van der Waals surface area contributed by atoms with E-state index in [1.165, 1.54) is 18.2 Å². The van der Waals surface area contributed by atoms with Gasteiger partial charge in [-0.2, -0.15) is 18.4 Å². The molecule has 0 saturated carbocycles. The Morgan fingerprint density at radius 2 is 1.65 bits per heavy atom. The summed E-state index contributed by atoms with van der Waals surface area (Å²) in [5.41, 5.74) is 0.563. The fraction of sp³-hybridized carbons (Fsp3) is 0.188. The minimum Gasteiger partial charge on any atom is -0.206 e. The van der Waals surface area contributed by atoms with Crippen LogP contribution in [0.1, 0.15) is 24.5 Å². The summed E-state index contributed by atoms with van der Waals surface area (Å²) < 4.78 is 51.9. The first-order valence-electron chi connectivity index (χ1n) is 6.94. The van der Waals surface area contributed by atoms with Crippen LogP contribution >= 0.6 is 0 Å². The molecular weight excluding hydrogens is 322 g/mol. The first-order chi connectivity index (χ1) is 10.8. The van der Waals surface area contributed by atoms with Gasteiger partial charge in [-0.3, -0.25) is 0 Å². The zero-order valence-electron chi connectivity index (χ0n) is 12.7. The highest BCUT2D eigenvalue weighted by molar-refractivity contribution is 7.89. The van der Waals surface area contributed by atoms with Gasteiger partial charge in [0.1, 0.15) is 11.6 Å². The van der Waals surface area contributed by atoms with Gasteiger partial charge in [-0.1, -0.05) is 30.7 Å². The molecule has 0 amide bonds. The third-order valence-corrected chi connectivity index (χ3v) is 4.44. The Morgan fingerprint density at radius 1 is 1.09 bits per heavy atom. The molecule has 122 valence electrons. The van der Waals surface area contributed by atoms with Crippen molar-refractivity contribution < 1.29 is 17.2 Å². The normalized spacial score (nSPS) is 12.3. The summed E-state index contributed by atoms with van der Waals surface area (Å²) >= 11 is 0. The lowest BCUT2D eigenvalue weighted by Gasteiger charge is -2.09. The topological polar surface area (TPSA) is 58.5 Å². The predicted octanol–water partition coefficient (Wildman–Crippen LogP) is 3.37. The molecule has 0 spiro atoms. The van der Waals surface area contributed by atoms with Gasteiger partial charge in [0.15, 0.2) is 0 Å². The summed E-state index contributed by atoms with van der Waals surface area (Å²) in [5, 5.41) is 3.70. The maximum absolute atomic E-state index is 13.8. The molecule has 0 atom stereocenters. The number of hydrogen-bond acceptors (Lipinski definition) is 3. The van der Waals surface area contributed by atoms with Crippen molar-refractivity contribution in [3.8, 4) is 0 Å². The summed E-state index contributed by atoms with van der Waals surface area (Å²) in [6.07, 6.45) is 0.161. The van der Waals surface area contributed by atoms with Crippen LogP contribution in [0.3, 0.4) is 0 Å². The van der Waals surface area contributed by atoms with E-state index in [4.69, 9.17) is 0 Å². The Morgan fingerprint density at radius 3 is 2.17 bits per heavy atom. The van der Waals surface area contributed by atoms with Crippen LogP contribution in [0, 0.1) is 18.6 Å².